The minimum Gasteiger partial charge on any atom is -0.493 e. The van der Waals surface area contributed by atoms with Crippen molar-refractivity contribution in [2.75, 3.05) is 26.8 Å². The van der Waals surface area contributed by atoms with Crippen LogP contribution in [0, 0.1) is 0 Å². The molecule has 0 atom stereocenters. The van der Waals surface area contributed by atoms with Gasteiger partial charge in [-0.1, -0.05) is 22.0 Å². The van der Waals surface area contributed by atoms with Gasteiger partial charge in [0, 0.05) is 17.6 Å². The Hall–Kier alpha value is -2.09. The van der Waals surface area contributed by atoms with Crippen molar-refractivity contribution in [3.8, 4) is 5.75 Å². The van der Waals surface area contributed by atoms with Crippen LogP contribution in [0.4, 0.5) is 0 Å². The number of nitrogens with one attached hydrogen (secondary N) is 1. The van der Waals surface area contributed by atoms with Crippen LogP contribution in [-0.2, 0) is 19.1 Å². The van der Waals surface area contributed by atoms with Gasteiger partial charge in [0.25, 0.3) is 5.91 Å². The zero-order valence-corrected chi connectivity index (χ0v) is 15.6. The number of nitrogens with zero attached hydrogens (tertiary/aromatic N) is 1. The second-order valence-corrected chi connectivity index (χ2v) is 6.72. The molecule has 2 amide bonds. The van der Waals surface area contributed by atoms with Crippen LogP contribution in [0.15, 0.2) is 28.7 Å². The SMILES string of the molecule is CN(CC(=O)NC1CC1)C(=O)COC(=O)CCOc1cccc(Br)c1. The molecule has 1 aliphatic rings. The molecule has 0 unspecified atom stereocenters. The van der Waals surface area contributed by atoms with Gasteiger partial charge in [-0.3, -0.25) is 14.4 Å². The molecule has 0 radical (unpaired) electrons. The largest absolute Gasteiger partial charge is 0.493 e. The molecule has 0 bridgehead atoms. The van der Waals surface area contributed by atoms with Gasteiger partial charge in [0.05, 0.1) is 19.6 Å². The first-order chi connectivity index (χ1) is 11.9. The van der Waals surface area contributed by atoms with E-state index in [4.69, 9.17) is 9.47 Å². The summed E-state index contributed by atoms with van der Waals surface area (Å²) in [6, 6.07) is 7.51. The van der Waals surface area contributed by atoms with Gasteiger partial charge in [-0.25, -0.2) is 0 Å². The Bertz CT molecular complexity index is 633. The summed E-state index contributed by atoms with van der Waals surface area (Å²) in [6.07, 6.45) is 2.01. The molecule has 136 valence electrons. The van der Waals surface area contributed by atoms with Crippen molar-refractivity contribution in [3.05, 3.63) is 28.7 Å². The van der Waals surface area contributed by atoms with Crippen molar-refractivity contribution in [1.29, 1.82) is 0 Å². The van der Waals surface area contributed by atoms with Crippen molar-refractivity contribution in [3.63, 3.8) is 0 Å². The van der Waals surface area contributed by atoms with E-state index >= 15 is 0 Å². The third-order valence-electron chi connectivity index (χ3n) is 3.48. The maximum atomic E-state index is 11.8. The molecule has 1 aliphatic carbocycles. The number of amides is 2. The smallest absolute Gasteiger partial charge is 0.309 e. The summed E-state index contributed by atoms with van der Waals surface area (Å²) >= 11 is 3.33. The summed E-state index contributed by atoms with van der Waals surface area (Å²) in [5.74, 6) is -0.516. The highest BCUT2D eigenvalue weighted by Crippen LogP contribution is 2.18. The minimum atomic E-state index is -0.529. The molecule has 25 heavy (non-hydrogen) atoms. The fraction of sp³-hybridized carbons (Fsp3) is 0.471. The summed E-state index contributed by atoms with van der Waals surface area (Å²) in [5.41, 5.74) is 0. The zero-order chi connectivity index (χ0) is 18.2. The number of carbonyl (C=O) groups is 3. The van der Waals surface area contributed by atoms with E-state index in [1.54, 1.807) is 12.1 Å². The van der Waals surface area contributed by atoms with Crippen LogP contribution in [-0.4, -0.2) is 55.5 Å². The van der Waals surface area contributed by atoms with Crippen LogP contribution in [0.2, 0.25) is 0 Å². The first-order valence-corrected chi connectivity index (χ1v) is 8.80. The van der Waals surface area contributed by atoms with Gasteiger partial charge >= 0.3 is 5.97 Å². The average molecular weight is 413 g/mol. The van der Waals surface area contributed by atoms with E-state index in [-0.39, 0.29) is 38.1 Å². The van der Waals surface area contributed by atoms with Crippen LogP contribution >= 0.6 is 15.9 Å². The van der Waals surface area contributed by atoms with E-state index in [1.807, 2.05) is 12.1 Å². The Morgan fingerprint density at radius 2 is 2.08 bits per heavy atom. The molecule has 2 rings (SSSR count). The fourth-order valence-electron chi connectivity index (χ4n) is 1.94. The first kappa shape index (κ1) is 19.2. The predicted octanol–water partition coefficient (Wildman–Crippen LogP) is 1.50. The van der Waals surface area contributed by atoms with E-state index in [2.05, 4.69) is 21.2 Å². The van der Waals surface area contributed by atoms with E-state index in [9.17, 15) is 14.4 Å². The first-order valence-electron chi connectivity index (χ1n) is 8.01. The van der Waals surface area contributed by atoms with Crippen molar-refractivity contribution in [1.82, 2.24) is 10.2 Å². The number of benzene rings is 1. The summed E-state index contributed by atoms with van der Waals surface area (Å²) in [7, 11) is 1.50. The van der Waals surface area contributed by atoms with Gasteiger partial charge in [0.2, 0.25) is 5.91 Å². The normalized spacial score (nSPS) is 13.0. The Kier molecular flexibility index (Phi) is 7.24. The number of ether oxygens (including phenoxy) is 2. The quantitative estimate of drug-likeness (QED) is 0.621. The molecular formula is C17H21BrN2O5. The van der Waals surface area contributed by atoms with Crippen LogP contribution in [0.3, 0.4) is 0 Å². The molecule has 0 aromatic heterocycles. The van der Waals surface area contributed by atoms with Gasteiger partial charge in [-0.2, -0.15) is 0 Å². The Morgan fingerprint density at radius 3 is 2.76 bits per heavy atom. The van der Waals surface area contributed by atoms with Crippen molar-refractivity contribution in [2.45, 2.75) is 25.3 Å². The lowest BCUT2D eigenvalue weighted by molar-refractivity contribution is -0.152. The maximum absolute atomic E-state index is 11.8. The summed E-state index contributed by atoms with van der Waals surface area (Å²) in [5, 5.41) is 2.79. The number of halogens is 1. The summed E-state index contributed by atoms with van der Waals surface area (Å²) in [6.45, 7) is -0.273. The second-order valence-electron chi connectivity index (χ2n) is 5.81. The highest BCUT2D eigenvalue weighted by Gasteiger charge is 2.24. The molecular weight excluding hydrogens is 392 g/mol. The molecule has 7 nitrogen and oxygen atoms in total. The lowest BCUT2D eigenvalue weighted by Crippen LogP contribution is -2.40. The number of esters is 1. The summed E-state index contributed by atoms with van der Waals surface area (Å²) < 4.78 is 11.2. The topological polar surface area (TPSA) is 84.9 Å². The van der Waals surface area contributed by atoms with Gasteiger partial charge in [0.1, 0.15) is 5.75 Å². The monoisotopic (exact) mass is 412 g/mol. The molecule has 1 aromatic carbocycles. The van der Waals surface area contributed by atoms with Crippen molar-refractivity contribution in [2.24, 2.45) is 0 Å². The second kappa shape index (κ2) is 9.41. The van der Waals surface area contributed by atoms with Crippen LogP contribution in [0.5, 0.6) is 5.75 Å². The van der Waals surface area contributed by atoms with Crippen LogP contribution in [0.25, 0.3) is 0 Å². The molecule has 0 heterocycles. The van der Waals surface area contributed by atoms with Gasteiger partial charge in [-0.15, -0.1) is 0 Å². The number of rotatable bonds is 9. The molecule has 1 N–H and O–H groups in total. The molecule has 1 aromatic rings. The number of likely N-dealkylation sites (N-methyl/N-ethyl adjacent to an activating group) is 1. The molecule has 1 saturated carbocycles. The lowest BCUT2D eigenvalue weighted by atomic mass is 10.3. The number of hydrogen-bond acceptors (Lipinski definition) is 5. The maximum Gasteiger partial charge on any atom is 0.309 e. The Morgan fingerprint density at radius 1 is 1.32 bits per heavy atom. The van der Waals surface area contributed by atoms with E-state index in [0.29, 0.717) is 5.75 Å². The molecule has 8 heteroatoms. The van der Waals surface area contributed by atoms with Gasteiger partial charge < -0.3 is 19.7 Å². The van der Waals surface area contributed by atoms with E-state index in [1.165, 1.54) is 11.9 Å². The number of carbonyl (C=O) groups excluding carboxylic acids is 3. The standard InChI is InChI=1S/C17H21BrN2O5/c1-20(10-15(21)19-13-5-6-13)16(22)11-25-17(23)7-8-24-14-4-2-3-12(18)9-14/h2-4,9,13H,5-8,10-11H2,1H3,(H,19,21). The van der Waals surface area contributed by atoms with E-state index in [0.717, 1.165) is 17.3 Å². The zero-order valence-electron chi connectivity index (χ0n) is 14.0. The predicted molar refractivity (Wildman–Crippen MR) is 94.0 cm³/mol. The summed E-state index contributed by atoms with van der Waals surface area (Å²) in [4.78, 5) is 36.3. The lowest BCUT2D eigenvalue weighted by Gasteiger charge is -2.16. The molecule has 1 fully saturated rings. The minimum absolute atomic E-state index is 0.0334. The van der Waals surface area contributed by atoms with Gasteiger partial charge in [-0.05, 0) is 31.0 Å². The van der Waals surface area contributed by atoms with Crippen molar-refractivity contribution < 1.29 is 23.9 Å². The van der Waals surface area contributed by atoms with Crippen LogP contribution in [0.1, 0.15) is 19.3 Å². The Balaban J connectivity index is 1.59. The third-order valence-corrected chi connectivity index (χ3v) is 3.97. The molecule has 0 aliphatic heterocycles. The molecule has 0 saturated heterocycles. The average Bonchev–Trinajstić information content (AvgIpc) is 3.36. The van der Waals surface area contributed by atoms with E-state index < -0.39 is 11.9 Å². The Labute approximate surface area is 154 Å². The van der Waals surface area contributed by atoms with Crippen molar-refractivity contribution >= 4 is 33.7 Å². The third kappa shape index (κ3) is 7.55. The number of hydrogen-bond donors (Lipinski definition) is 1. The fourth-order valence-corrected chi connectivity index (χ4v) is 2.32. The van der Waals surface area contributed by atoms with Gasteiger partial charge in [0.15, 0.2) is 6.61 Å². The highest BCUT2D eigenvalue weighted by molar-refractivity contribution is 9.10. The van der Waals surface area contributed by atoms with Crippen LogP contribution < -0.4 is 10.1 Å². The molecule has 0 spiro atoms. The highest BCUT2D eigenvalue weighted by atomic mass is 79.9.